The van der Waals surface area contributed by atoms with Gasteiger partial charge >= 0.3 is 0 Å². The van der Waals surface area contributed by atoms with Gasteiger partial charge in [-0.25, -0.2) is 0 Å². The van der Waals surface area contributed by atoms with E-state index in [1.807, 2.05) is 0 Å². The van der Waals surface area contributed by atoms with Crippen LogP contribution in [0.5, 0.6) is 0 Å². The fourth-order valence-electron chi connectivity index (χ4n) is 0.188. The van der Waals surface area contributed by atoms with Gasteiger partial charge in [0.1, 0.15) is 0 Å². The molecule has 0 aliphatic heterocycles. The van der Waals surface area contributed by atoms with Crippen LogP contribution in [-0.4, -0.2) is 23.9 Å². The maximum absolute atomic E-state index is 7.09. The molecule has 0 aliphatic carbocycles. The van der Waals surface area contributed by atoms with E-state index in [0.717, 1.165) is 0 Å². The molecule has 0 spiro atoms. The van der Waals surface area contributed by atoms with Crippen LogP contribution in [0.4, 0.5) is 0 Å². The third kappa shape index (κ3) is 2.68. The van der Waals surface area contributed by atoms with Crippen molar-refractivity contribution in [1.29, 1.82) is 0 Å². The van der Waals surface area contributed by atoms with E-state index in [4.69, 9.17) is 6.85 Å². The molecular weight excluding hydrogens is 191 g/mol. The van der Waals surface area contributed by atoms with Crippen molar-refractivity contribution in [1.82, 2.24) is 0 Å². The SMILES string of the molecule is [2H]c1[c]c([2H])c([2H])c([2H])c1[2H].[HH].[HH].[HH].[Sn]. The Labute approximate surface area is 72.0 Å². The first kappa shape index (κ1) is 2.09. The third-order valence-electron chi connectivity index (χ3n) is 0.375. The largest absolute Gasteiger partial charge is 0.0629 e. The Morgan fingerprint density at radius 2 is 1.86 bits per heavy atom. The van der Waals surface area contributed by atoms with Crippen molar-refractivity contribution >= 4 is 23.9 Å². The normalized spacial score (nSPS) is 16.9. The Hall–Kier alpha value is 0.0187. The van der Waals surface area contributed by atoms with Gasteiger partial charge in [-0.2, -0.15) is 0 Å². The summed E-state index contributed by atoms with van der Waals surface area (Å²) >= 11 is 0. The van der Waals surface area contributed by atoms with Gasteiger partial charge in [-0.1, -0.05) is 30.2 Å². The Kier molecular flexibility index (Phi) is 1.25. The minimum Gasteiger partial charge on any atom is -0.0622 e. The van der Waals surface area contributed by atoms with Crippen molar-refractivity contribution in [2.75, 3.05) is 0 Å². The molecule has 0 fully saturated rings. The average Bonchev–Trinajstić information content (AvgIpc) is 1.97. The van der Waals surface area contributed by atoms with Gasteiger partial charge in [-0.15, -0.1) is 0 Å². The van der Waals surface area contributed by atoms with Crippen LogP contribution in [0, 0.1) is 6.07 Å². The minimum absolute atomic E-state index is 0. The maximum atomic E-state index is 7.09. The molecule has 1 aromatic carbocycles. The summed E-state index contributed by atoms with van der Waals surface area (Å²) < 4.78 is 35.3. The fraction of sp³-hybridized carbons (Fsp3) is 0. The molecule has 0 aliphatic rings. The zero-order chi connectivity index (χ0) is 8.59. The topological polar surface area (TPSA) is 0 Å². The van der Waals surface area contributed by atoms with E-state index < -0.39 is 0 Å². The summed E-state index contributed by atoms with van der Waals surface area (Å²) in [6.07, 6.45) is 0. The van der Waals surface area contributed by atoms with Crippen LogP contribution in [0.25, 0.3) is 0 Å². The predicted molar refractivity (Wildman–Crippen MR) is 37.4 cm³/mol. The van der Waals surface area contributed by atoms with Crippen LogP contribution < -0.4 is 0 Å². The molecule has 0 unspecified atom stereocenters. The van der Waals surface area contributed by atoms with Crippen LogP contribution in [0.2, 0.25) is 0 Å². The standard InChI is InChI=1S/C6H5.Sn.3H2/c1-2-4-6-5-3-1;;;;/h1-5H;;3*1H/i1D,2D,3D,4D,5D;;;;. The van der Waals surface area contributed by atoms with E-state index in [9.17, 15) is 0 Å². The average molecular weight is 207 g/mol. The van der Waals surface area contributed by atoms with E-state index >= 15 is 0 Å². The van der Waals surface area contributed by atoms with Gasteiger partial charge in [-0.3, -0.25) is 0 Å². The van der Waals surface area contributed by atoms with Gasteiger partial charge in [0.05, 0.1) is 6.85 Å². The van der Waals surface area contributed by atoms with Gasteiger partial charge in [0, 0.05) is 28.2 Å². The summed E-state index contributed by atoms with van der Waals surface area (Å²) in [6.45, 7) is 0. The summed E-state index contributed by atoms with van der Waals surface area (Å²) in [7, 11) is 0. The Morgan fingerprint density at radius 1 is 1.29 bits per heavy atom. The summed E-state index contributed by atoms with van der Waals surface area (Å²) in [4.78, 5) is 0. The Morgan fingerprint density at radius 3 is 2.43 bits per heavy atom. The molecular formula is C6H11Sn. The molecule has 1 heteroatoms. The molecule has 1 rings (SSSR count). The predicted octanol–water partition coefficient (Wildman–Crippen LogP) is 1.84. The van der Waals surface area contributed by atoms with Gasteiger partial charge in [0.2, 0.25) is 0 Å². The Bertz CT molecular complexity index is 275. The number of hydrogen-bond donors (Lipinski definition) is 0. The molecule has 0 saturated heterocycles. The summed E-state index contributed by atoms with van der Waals surface area (Å²) in [5.74, 6) is 0. The second kappa shape index (κ2) is 4.18. The molecule has 0 aromatic heterocycles. The minimum atomic E-state index is -0.376. The van der Waals surface area contributed by atoms with Gasteiger partial charge in [0.15, 0.2) is 0 Å². The fourth-order valence-corrected chi connectivity index (χ4v) is 0.188. The first-order valence-electron chi connectivity index (χ1n) is 4.00. The Balaban J connectivity index is -0.000000151. The van der Waals surface area contributed by atoms with Crippen LogP contribution in [0.3, 0.4) is 0 Å². The quantitative estimate of drug-likeness (QED) is 0.569. The number of rotatable bonds is 0. The van der Waals surface area contributed by atoms with E-state index in [1.165, 1.54) is 0 Å². The molecule has 7 heavy (non-hydrogen) atoms. The molecule has 0 atom stereocenters. The van der Waals surface area contributed by atoms with Crippen LogP contribution in [0.15, 0.2) is 30.2 Å². The van der Waals surface area contributed by atoms with Gasteiger partial charge < -0.3 is 0 Å². The van der Waals surface area contributed by atoms with Crippen molar-refractivity contribution in [3.05, 3.63) is 36.3 Å². The van der Waals surface area contributed by atoms with E-state index in [2.05, 4.69) is 6.07 Å². The van der Waals surface area contributed by atoms with Crippen LogP contribution in [-0.2, 0) is 0 Å². The van der Waals surface area contributed by atoms with Crippen molar-refractivity contribution in [2.24, 2.45) is 0 Å². The molecule has 0 bridgehead atoms. The van der Waals surface area contributed by atoms with E-state index in [1.54, 1.807) is 0 Å². The zero-order valence-electron chi connectivity index (χ0n) is 8.50. The van der Waals surface area contributed by atoms with Gasteiger partial charge in [-0.05, 0) is 6.07 Å². The molecule has 0 nitrogen and oxygen atoms in total. The second-order valence-electron chi connectivity index (χ2n) is 0.750. The molecule has 1 aromatic rings. The van der Waals surface area contributed by atoms with Crippen LogP contribution >= 0.6 is 0 Å². The van der Waals surface area contributed by atoms with Crippen molar-refractivity contribution < 1.29 is 11.1 Å². The van der Waals surface area contributed by atoms with Crippen molar-refractivity contribution in [3.63, 3.8) is 0 Å². The monoisotopic (exact) mass is 208 g/mol. The summed E-state index contributed by atoms with van der Waals surface area (Å²) in [5, 5.41) is 0. The summed E-state index contributed by atoms with van der Waals surface area (Å²) in [5.41, 5.74) is 0. The maximum Gasteiger partial charge on any atom is 0.0629 e. The third-order valence-corrected chi connectivity index (χ3v) is 0.375. The first-order valence-corrected chi connectivity index (χ1v) is 1.50. The molecule has 0 amide bonds. The molecule has 0 saturated carbocycles. The summed E-state index contributed by atoms with van der Waals surface area (Å²) in [6, 6.07) is 0.536. The van der Waals surface area contributed by atoms with E-state index in [-0.39, 0.29) is 58.4 Å². The van der Waals surface area contributed by atoms with Gasteiger partial charge in [0.25, 0.3) is 0 Å². The molecule has 0 heterocycles. The molecule has 39 valence electrons. The molecule has 5 radical (unpaired) electrons. The smallest absolute Gasteiger partial charge is 0.0622 e. The molecule has 0 N–H and O–H groups in total. The first-order chi connectivity index (χ1) is 5.04. The zero-order valence-corrected chi connectivity index (χ0v) is 6.35. The second-order valence-corrected chi connectivity index (χ2v) is 0.750. The number of benzene rings is 1. The van der Waals surface area contributed by atoms with Crippen molar-refractivity contribution in [3.8, 4) is 0 Å². The van der Waals surface area contributed by atoms with Crippen molar-refractivity contribution in [2.45, 2.75) is 0 Å². The van der Waals surface area contributed by atoms with E-state index in [0.29, 0.717) is 0 Å². The number of hydrogen-bond acceptors (Lipinski definition) is 0. The van der Waals surface area contributed by atoms with Crippen LogP contribution in [0.1, 0.15) is 11.1 Å².